The number of nitrogens with zero attached hydrogens (tertiary/aromatic N) is 1. The monoisotopic (exact) mass is 270 g/mol. The van der Waals surface area contributed by atoms with Gasteiger partial charge in [-0.15, -0.1) is 11.3 Å². The van der Waals surface area contributed by atoms with Gasteiger partial charge in [0.1, 0.15) is 10.8 Å². The normalized spacial score (nSPS) is 12.7. The van der Waals surface area contributed by atoms with Gasteiger partial charge in [-0.2, -0.15) is 8.78 Å². The summed E-state index contributed by atoms with van der Waals surface area (Å²) >= 11 is 1.36. The molecule has 2 N–H and O–H groups in total. The second kappa shape index (κ2) is 5.41. The summed E-state index contributed by atoms with van der Waals surface area (Å²) in [6, 6.07) is 6.40. The van der Waals surface area contributed by atoms with E-state index < -0.39 is 6.61 Å². The van der Waals surface area contributed by atoms with Crippen molar-refractivity contribution in [2.75, 3.05) is 0 Å². The van der Waals surface area contributed by atoms with Crippen molar-refractivity contribution in [1.82, 2.24) is 4.98 Å². The van der Waals surface area contributed by atoms with Crippen LogP contribution in [0.25, 0.3) is 10.6 Å². The van der Waals surface area contributed by atoms with Gasteiger partial charge < -0.3 is 10.5 Å². The molecule has 3 nitrogen and oxygen atoms in total. The third-order valence-electron chi connectivity index (χ3n) is 2.32. The summed E-state index contributed by atoms with van der Waals surface area (Å²) in [7, 11) is 0. The predicted octanol–water partition coefficient (Wildman–Crippen LogP) is 3.43. The minimum Gasteiger partial charge on any atom is -0.434 e. The van der Waals surface area contributed by atoms with E-state index in [0.717, 1.165) is 5.69 Å². The molecule has 0 fully saturated rings. The first-order chi connectivity index (χ1) is 8.58. The first kappa shape index (κ1) is 12.9. The highest BCUT2D eigenvalue weighted by molar-refractivity contribution is 7.13. The van der Waals surface area contributed by atoms with Crippen molar-refractivity contribution >= 4 is 11.3 Å². The summed E-state index contributed by atoms with van der Waals surface area (Å²) in [4.78, 5) is 4.32. The third kappa shape index (κ3) is 2.83. The largest absolute Gasteiger partial charge is 0.434 e. The summed E-state index contributed by atoms with van der Waals surface area (Å²) in [5, 5.41) is 2.44. The Hall–Kier alpha value is -1.53. The zero-order valence-corrected chi connectivity index (χ0v) is 10.5. The lowest BCUT2D eigenvalue weighted by molar-refractivity contribution is -0.0494. The lowest BCUT2D eigenvalue weighted by atomic mass is 10.2. The van der Waals surface area contributed by atoms with Gasteiger partial charge in [-0.3, -0.25) is 0 Å². The standard InChI is InChI=1S/C12H12F2N2OS/c1-7(15)9-6-18-11(16-9)8-4-2-3-5-10(8)17-12(13)14/h2-7,12H,15H2,1H3. The Balaban J connectivity index is 2.36. The summed E-state index contributed by atoms with van der Waals surface area (Å²) in [6.45, 7) is -1.03. The molecule has 2 rings (SSSR count). The Kier molecular flexibility index (Phi) is 3.88. The van der Waals surface area contributed by atoms with E-state index in [4.69, 9.17) is 5.73 Å². The Labute approximate surface area is 107 Å². The molecule has 6 heteroatoms. The molecule has 1 heterocycles. The summed E-state index contributed by atoms with van der Waals surface area (Å²) in [5.74, 6) is 0.123. The molecule has 1 aromatic heterocycles. The molecule has 1 atom stereocenters. The molecule has 1 unspecified atom stereocenters. The second-order valence-electron chi connectivity index (χ2n) is 3.74. The van der Waals surface area contributed by atoms with Crippen molar-refractivity contribution < 1.29 is 13.5 Å². The highest BCUT2D eigenvalue weighted by Gasteiger charge is 2.14. The molecule has 1 aromatic carbocycles. The minimum absolute atomic E-state index is 0.123. The van der Waals surface area contributed by atoms with E-state index in [0.29, 0.717) is 10.6 Å². The molecule has 0 amide bonds. The Morgan fingerprint density at radius 2 is 2.06 bits per heavy atom. The smallest absolute Gasteiger partial charge is 0.387 e. The first-order valence-electron chi connectivity index (χ1n) is 5.33. The van der Waals surface area contributed by atoms with Crippen molar-refractivity contribution in [2.45, 2.75) is 19.6 Å². The number of alkyl halides is 2. The van der Waals surface area contributed by atoms with Crippen molar-refractivity contribution in [3.8, 4) is 16.3 Å². The number of hydrogen-bond acceptors (Lipinski definition) is 4. The van der Waals surface area contributed by atoms with E-state index in [2.05, 4.69) is 9.72 Å². The highest BCUT2D eigenvalue weighted by atomic mass is 32.1. The van der Waals surface area contributed by atoms with E-state index in [1.54, 1.807) is 18.2 Å². The van der Waals surface area contributed by atoms with Crippen LogP contribution >= 0.6 is 11.3 Å². The van der Waals surface area contributed by atoms with Crippen molar-refractivity contribution in [2.24, 2.45) is 5.73 Å². The van der Waals surface area contributed by atoms with Crippen LogP contribution in [0.1, 0.15) is 18.7 Å². The number of hydrogen-bond donors (Lipinski definition) is 1. The van der Waals surface area contributed by atoms with Crippen LogP contribution in [0.2, 0.25) is 0 Å². The van der Waals surface area contributed by atoms with E-state index in [1.807, 2.05) is 12.3 Å². The van der Waals surface area contributed by atoms with Crippen molar-refractivity contribution in [1.29, 1.82) is 0 Å². The fraction of sp³-hybridized carbons (Fsp3) is 0.250. The van der Waals surface area contributed by atoms with Crippen LogP contribution in [0.15, 0.2) is 29.6 Å². The number of benzene rings is 1. The fourth-order valence-electron chi connectivity index (χ4n) is 1.46. The van der Waals surface area contributed by atoms with E-state index in [1.165, 1.54) is 17.4 Å². The van der Waals surface area contributed by atoms with E-state index >= 15 is 0 Å². The van der Waals surface area contributed by atoms with Crippen LogP contribution in [0, 0.1) is 0 Å². The summed E-state index contributed by atoms with van der Waals surface area (Å²) < 4.78 is 29.1. The van der Waals surface area contributed by atoms with Crippen LogP contribution in [0.3, 0.4) is 0 Å². The Bertz CT molecular complexity index is 528. The van der Waals surface area contributed by atoms with Gasteiger partial charge in [0, 0.05) is 11.4 Å². The maximum absolute atomic E-state index is 12.3. The third-order valence-corrected chi connectivity index (χ3v) is 3.22. The zero-order chi connectivity index (χ0) is 13.1. The van der Waals surface area contributed by atoms with Crippen LogP contribution in [-0.4, -0.2) is 11.6 Å². The Morgan fingerprint density at radius 1 is 1.33 bits per heavy atom. The molecule has 96 valence electrons. The molecule has 0 spiro atoms. The molecule has 18 heavy (non-hydrogen) atoms. The van der Waals surface area contributed by atoms with E-state index in [-0.39, 0.29) is 11.8 Å². The summed E-state index contributed by atoms with van der Waals surface area (Å²) in [5.41, 5.74) is 7.01. The second-order valence-corrected chi connectivity index (χ2v) is 4.60. The van der Waals surface area contributed by atoms with Gasteiger partial charge in [-0.25, -0.2) is 4.98 Å². The minimum atomic E-state index is -2.85. The quantitative estimate of drug-likeness (QED) is 0.925. The summed E-state index contributed by atoms with van der Waals surface area (Å²) in [6.07, 6.45) is 0. The van der Waals surface area contributed by atoms with Crippen LogP contribution in [0.5, 0.6) is 5.75 Å². The number of halogens is 2. The van der Waals surface area contributed by atoms with Crippen LogP contribution in [0.4, 0.5) is 8.78 Å². The molecular formula is C12H12F2N2OS. The molecular weight excluding hydrogens is 258 g/mol. The average molecular weight is 270 g/mol. The fourth-order valence-corrected chi connectivity index (χ4v) is 2.41. The number of aromatic nitrogens is 1. The number of thiazole rings is 1. The van der Waals surface area contributed by atoms with Crippen molar-refractivity contribution in [3.05, 3.63) is 35.3 Å². The Morgan fingerprint density at radius 3 is 2.67 bits per heavy atom. The molecule has 0 aliphatic rings. The highest BCUT2D eigenvalue weighted by Crippen LogP contribution is 2.33. The average Bonchev–Trinajstić information content (AvgIpc) is 2.78. The molecule has 0 bridgehead atoms. The number of nitrogens with two attached hydrogens (primary N) is 1. The predicted molar refractivity (Wildman–Crippen MR) is 66.8 cm³/mol. The van der Waals surface area contributed by atoms with Gasteiger partial charge in [-0.05, 0) is 19.1 Å². The van der Waals surface area contributed by atoms with Crippen LogP contribution in [-0.2, 0) is 0 Å². The molecule has 0 aliphatic heterocycles. The van der Waals surface area contributed by atoms with E-state index in [9.17, 15) is 8.78 Å². The molecule has 2 aromatic rings. The van der Waals surface area contributed by atoms with Gasteiger partial charge >= 0.3 is 6.61 Å². The lowest BCUT2D eigenvalue weighted by Crippen LogP contribution is -2.05. The topological polar surface area (TPSA) is 48.1 Å². The molecule has 0 radical (unpaired) electrons. The van der Waals surface area contributed by atoms with Gasteiger partial charge in [-0.1, -0.05) is 12.1 Å². The maximum Gasteiger partial charge on any atom is 0.387 e. The number of ether oxygens (including phenoxy) is 1. The molecule has 0 aliphatic carbocycles. The number of rotatable bonds is 4. The van der Waals surface area contributed by atoms with Gasteiger partial charge in [0.05, 0.1) is 11.3 Å². The zero-order valence-electron chi connectivity index (χ0n) is 9.64. The molecule has 0 saturated heterocycles. The number of para-hydroxylation sites is 1. The van der Waals surface area contributed by atoms with Gasteiger partial charge in [0.2, 0.25) is 0 Å². The van der Waals surface area contributed by atoms with Gasteiger partial charge in [0.25, 0.3) is 0 Å². The van der Waals surface area contributed by atoms with Crippen LogP contribution < -0.4 is 10.5 Å². The van der Waals surface area contributed by atoms with Gasteiger partial charge in [0.15, 0.2) is 0 Å². The molecule has 0 saturated carbocycles. The first-order valence-corrected chi connectivity index (χ1v) is 6.21. The van der Waals surface area contributed by atoms with Crippen molar-refractivity contribution in [3.63, 3.8) is 0 Å². The lowest BCUT2D eigenvalue weighted by Gasteiger charge is -2.08. The maximum atomic E-state index is 12.3. The SMILES string of the molecule is CC(N)c1csc(-c2ccccc2OC(F)F)n1.